The highest BCUT2D eigenvalue weighted by molar-refractivity contribution is 5.56. The first-order valence-corrected chi connectivity index (χ1v) is 7.25. The van der Waals surface area contributed by atoms with Crippen molar-refractivity contribution in [2.45, 2.75) is 33.1 Å². The molecule has 2 aromatic rings. The van der Waals surface area contributed by atoms with E-state index in [4.69, 9.17) is 9.47 Å². The highest BCUT2D eigenvalue weighted by atomic mass is 16.5. The van der Waals surface area contributed by atoms with Gasteiger partial charge in [0.2, 0.25) is 0 Å². The summed E-state index contributed by atoms with van der Waals surface area (Å²) in [4.78, 5) is 0. The standard InChI is InChI=1S/C18H23NO2/c1-14(2)21-18-10-5-4-9-17(18)19-12-15-7-6-8-16(11-15)13-20-3/h4-11,14,19H,12-13H2,1-3H3. The number of benzene rings is 2. The van der Waals surface area contributed by atoms with Crippen LogP contribution in [0.15, 0.2) is 48.5 Å². The SMILES string of the molecule is COCc1cccc(CNc2ccccc2OC(C)C)c1. The fourth-order valence-electron chi connectivity index (χ4n) is 2.16. The quantitative estimate of drug-likeness (QED) is 0.825. The number of anilines is 1. The number of hydrogen-bond acceptors (Lipinski definition) is 3. The second kappa shape index (κ2) is 7.70. The Bertz CT molecular complexity index is 567. The number of rotatable bonds is 7. The molecule has 0 spiro atoms. The maximum Gasteiger partial charge on any atom is 0.142 e. The molecule has 0 aliphatic carbocycles. The van der Waals surface area contributed by atoms with Gasteiger partial charge >= 0.3 is 0 Å². The van der Waals surface area contributed by atoms with Crippen molar-refractivity contribution in [1.82, 2.24) is 0 Å². The molecule has 0 atom stereocenters. The normalized spacial score (nSPS) is 10.7. The van der Waals surface area contributed by atoms with Crippen LogP contribution in [0.1, 0.15) is 25.0 Å². The van der Waals surface area contributed by atoms with Crippen LogP contribution in [-0.4, -0.2) is 13.2 Å². The molecule has 21 heavy (non-hydrogen) atoms. The second-order valence-corrected chi connectivity index (χ2v) is 5.27. The van der Waals surface area contributed by atoms with Crippen LogP contribution in [0.5, 0.6) is 5.75 Å². The Morgan fingerprint density at radius 3 is 2.52 bits per heavy atom. The third-order valence-electron chi connectivity index (χ3n) is 3.04. The third kappa shape index (κ3) is 4.80. The molecule has 0 bridgehead atoms. The van der Waals surface area contributed by atoms with Crippen molar-refractivity contribution >= 4 is 5.69 Å². The average molecular weight is 285 g/mol. The summed E-state index contributed by atoms with van der Waals surface area (Å²) in [7, 11) is 1.71. The third-order valence-corrected chi connectivity index (χ3v) is 3.04. The second-order valence-electron chi connectivity index (χ2n) is 5.27. The molecule has 0 saturated heterocycles. The van der Waals surface area contributed by atoms with Gasteiger partial charge in [0, 0.05) is 13.7 Å². The zero-order valence-corrected chi connectivity index (χ0v) is 12.9. The van der Waals surface area contributed by atoms with Gasteiger partial charge in [-0.15, -0.1) is 0 Å². The van der Waals surface area contributed by atoms with Crippen molar-refractivity contribution in [1.29, 1.82) is 0 Å². The summed E-state index contributed by atoms with van der Waals surface area (Å²) >= 11 is 0. The maximum atomic E-state index is 5.81. The first-order valence-electron chi connectivity index (χ1n) is 7.25. The summed E-state index contributed by atoms with van der Waals surface area (Å²) in [5.41, 5.74) is 3.43. The fraction of sp³-hybridized carbons (Fsp3) is 0.333. The van der Waals surface area contributed by atoms with Gasteiger partial charge < -0.3 is 14.8 Å². The Labute approximate surface area is 126 Å². The Balaban J connectivity index is 2.04. The zero-order valence-electron chi connectivity index (χ0n) is 12.9. The van der Waals surface area contributed by atoms with Crippen LogP contribution in [0.3, 0.4) is 0 Å². The van der Waals surface area contributed by atoms with Crippen LogP contribution in [0.2, 0.25) is 0 Å². The van der Waals surface area contributed by atoms with Crippen LogP contribution < -0.4 is 10.1 Å². The summed E-state index contributed by atoms with van der Waals surface area (Å²) in [5.74, 6) is 0.889. The first-order chi connectivity index (χ1) is 10.2. The molecule has 0 unspecified atom stereocenters. The van der Waals surface area contributed by atoms with Crippen LogP contribution in [0.4, 0.5) is 5.69 Å². The van der Waals surface area contributed by atoms with E-state index in [0.29, 0.717) is 6.61 Å². The molecule has 0 aromatic heterocycles. The molecular formula is C18H23NO2. The lowest BCUT2D eigenvalue weighted by atomic mass is 10.1. The average Bonchev–Trinajstić information content (AvgIpc) is 2.47. The monoisotopic (exact) mass is 285 g/mol. The van der Waals surface area contributed by atoms with E-state index in [2.05, 4.69) is 29.6 Å². The van der Waals surface area contributed by atoms with E-state index in [-0.39, 0.29) is 6.10 Å². The van der Waals surface area contributed by atoms with Gasteiger partial charge in [0.05, 0.1) is 18.4 Å². The van der Waals surface area contributed by atoms with E-state index in [1.165, 1.54) is 11.1 Å². The van der Waals surface area contributed by atoms with E-state index >= 15 is 0 Å². The predicted molar refractivity (Wildman–Crippen MR) is 86.7 cm³/mol. The lowest BCUT2D eigenvalue weighted by molar-refractivity contribution is 0.185. The number of nitrogens with one attached hydrogen (secondary N) is 1. The van der Waals surface area contributed by atoms with Gasteiger partial charge in [0.25, 0.3) is 0 Å². The summed E-state index contributed by atoms with van der Waals surface area (Å²) in [6.07, 6.45) is 0.165. The molecule has 3 heteroatoms. The summed E-state index contributed by atoms with van der Waals surface area (Å²) in [6, 6.07) is 16.4. The van der Waals surface area contributed by atoms with Crippen molar-refractivity contribution in [2.75, 3.05) is 12.4 Å². The topological polar surface area (TPSA) is 30.5 Å². The smallest absolute Gasteiger partial charge is 0.142 e. The Hall–Kier alpha value is -2.00. The summed E-state index contributed by atoms with van der Waals surface area (Å²) in [5, 5.41) is 3.44. The van der Waals surface area contributed by atoms with Crippen molar-refractivity contribution in [2.24, 2.45) is 0 Å². The minimum absolute atomic E-state index is 0.165. The Morgan fingerprint density at radius 1 is 1.00 bits per heavy atom. The molecule has 0 amide bonds. The molecule has 2 rings (SSSR count). The molecular weight excluding hydrogens is 262 g/mol. The molecule has 0 aliphatic heterocycles. The molecule has 0 heterocycles. The molecule has 0 fully saturated rings. The molecule has 0 aliphatic rings. The van der Waals surface area contributed by atoms with Gasteiger partial charge in [-0.3, -0.25) is 0 Å². The van der Waals surface area contributed by atoms with Crippen molar-refractivity contribution in [3.63, 3.8) is 0 Å². The Kier molecular flexibility index (Phi) is 5.64. The van der Waals surface area contributed by atoms with E-state index < -0.39 is 0 Å². The van der Waals surface area contributed by atoms with Crippen molar-refractivity contribution in [3.05, 3.63) is 59.7 Å². The highest BCUT2D eigenvalue weighted by Gasteiger charge is 2.04. The highest BCUT2D eigenvalue weighted by Crippen LogP contribution is 2.25. The predicted octanol–water partition coefficient (Wildman–Crippen LogP) is 4.23. The molecule has 1 N–H and O–H groups in total. The maximum absolute atomic E-state index is 5.81. The van der Waals surface area contributed by atoms with Crippen molar-refractivity contribution < 1.29 is 9.47 Å². The lowest BCUT2D eigenvalue weighted by Crippen LogP contribution is -2.08. The van der Waals surface area contributed by atoms with E-state index in [1.807, 2.05) is 38.1 Å². The lowest BCUT2D eigenvalue weighted by Gasteiger charge is -2.15. The molecule has 3 nitrogen and oxygen atoms in total. The first kappa shape index (κ1) is 15.4. The Morgan fingerprint density at radius 2 is 1.76 bits per heavy atom. The van der Waals surface area contributed by atoms with Crippen LogP contribution in [0.25, 0.3) is 0 Å². The van der Waals surface area contributed by atoms with Crippen LogP contribution >= 0.6 is 0 Å². The van der Waals surface area contributed by atoms with Gasteiger partial charge in [0.15, 0.2) is 0 Å². The number of hydrogen-bond donors (Lipinski definition) is 1. The van der Waals surface area contributed by atoms with Crippen LogP contribution in [0, 0.1) is 0 Å². The minimum atomic E-state index is 0.165. The number of para-hydroxylation sites is 2. The summed E-state index contributed by atoms with van der Waals surface area (Å²) in [6.45, 7) is 5.47. The van der Waals surface area contributed by atoms with Gasteiger partial charge in [-0.2, -0.15) is 0 Å². The zero-order chi connectivity index (χ0) is 15.1. The number of methoxy groups -OCH3 is 1. The molecule has 0 radical (unpaired) electrons. The van der Waals surface area contributed by atoms with Gasteiger partial charge in [-0.1, -0.05) is 36.4 Å². The van der Waals surface area contributed by atoms with Gasteiger partial charge in [-0.25, -0.2) is 0 Å². The molecule has 2 aromatic carbocycles. The van der Waals surface area contributed by atoms with Gasteiger partial charge in [-0.05, 0) is 37.1 Å². The molecule has 0 saturated carbocycles. The fourth-order valence-corrected chi connectivity index (χ4v) is 2.16. The van der Waals surface area contributed by atoms with E-state index in [9.17, 15) is 0 Å². The summed E-state index contributed by atoms with van der Waals surface area (Å²) < 4.78 is 11.0. The minimum Gasteiger partial charge on any atom is -0.489 e. The van der Waals surface area contributed by atoms with Crippen molar-refractivity contribution in [3.8, 4) is 5.75 Å². The van der Waals surface area contributed by atoms with Crippen LogP contribution in [-0.2, 0) is 17.9 Å². The molecule has 112 valence electrons. The van der Waals surface area contributed by atoms with E-state index in [0.717, 1.165) is 18.0 Å². The van der Waals surface area contributed by atoms with E-state index in [1.54, 1.807) is 7.11 Å². The largest absolute Gasteiger partial charge is 0.489 e. The van der Waals surface area contributed by atoms with Gasteiger partial charge in [0.1, 0.15) is 5.75 Å². The number of ether oxygens (including phenoxy) is 2.